The molecule has 0 spiro atoms. The maximum absolute atomic E-state index is 6.56. The molecule has 2 aromatic heterocycles. The van der Waals surface area contributed by atoms with Crippen molar-refractivity contribution < 1.29 is 0 Å². The zero-order valence-electron chi connectivity index (χ0n) is 13.5. The van der Waals surface area contributed by atoms with Gasteiger partial charge in [-0.15, -0.1) is 0 Å². The van der Waals surface area contributed by atoms with Crippen LogP contribution < -0.4 is 11.2 Å². The van der Waals surface area contributed by atoms with Gasteiger partial charge >= 0.3 is 0 Å². The number of benzene rings is 1. The van der Waals surface area contributed by atoms with Gasteiger partial charge in [-0.25, -0.2) is 4.99 Å². The minimum absolute atomic E-state index is 0.506. The summed E-state index contributed by atoms with van der Waals surface area (Å²) in [5.41, 5.74) is 12.5. The van der Waals surface area contributed by atoms with Gasteiger partial charge in [-0.05, 0) is 37.1 Å². The molecular formula is C17H18N8. The molecule has 0 saturated heterocycles. The highest BCUT2D eigenvalue weighted by Gasteiger charge is 2.35. The fourth-order valence-electron chi connectivity index (χ4n) is 3.13. The van der Waals surface area contributed by atoms with Crippen LogP contribution in [0.3, 0.4) is 0 Å². The number of hydrogen-bond donors (Lipinski definition) is 4. The second-order valence-corrected chi connectivity index (χ2v) is 6.77. The van der Waals surface area contributed by atoms with Crippen molar-refractivity contribution in [3.05, 3.63) is 41.9 Å². The van der Waals surface area contributed by atoms with Gasteiger partial charge in [0.15, 0.2) is 0 Å². The quantitative estimate of drug-likeness (QED) is 0.585. The Kier molecular flexibility index (Phi) is 3.01. The van der Waals surface area contributed by atoms with Crippen LogP contribution in [0.4, 0.5) is 5.69 Å². The lowest BCUT2D eigenvalue weighted by atomic mass is 9.92. The molecule has 0 radical (unpaired) electrons. The van der Waals surface area contributed by atoms with Gasteiger partial charge in [0.25, 0.3) is 0 Å². The van der Waals surface area contributed by atoms with Crippen molar-refractivity contribution in [1.29, 1.82) is 0 Å². The third-order valence-electron chi connectivity index (χ3n) is 4.73. The average molecular weight is 334 g/mol. The van der Waals surface area contributed by atoms with Gasteiger partial charge in [-0.2, -0.15) is 15.3 Å². The number of hydrazone groups is 1. The summed E-state index contributed by atoms with van der Waals surface area (Å²) in [7, 11) is 0. The van der Waals surface area contributed by atoms with E-state index in [-0.39, 0.29) is 0 Å². The fourth-order valence-corrected chi connectivity index (χ4v) is 3.13. The first-order chi connectivity index (χ1) is 12.2. The first-order valence-electron chi connectivity index (χ1n) is 8.35. The summed E-state index contributed by atoms with van der Waals surface area (Å²) in [6.45, 7) is 0. The molecule has 8 heteroatoms. The van der Waals surface area contributed by atoms with E-state index in [4.69, 9.17) is 5.73 Å². The largest absolute Gasteiger partial charge is 0.315 e. The fraction of sp³-hybridized carbons (Fsp3) is 0.294. The molecule has 0 bridgehead atoms. The van der Waals surface area contributed by atoms with Crippen LogP contribution >= 0.6 is 0 Å². The first kappa shape index (κ1) is 14.4. The highest BCUT2D eigenvalue weighted by Crippen LogP contribution is 2.40. The number of nitrogens with two attached hydrogens (primary N) is 1. The Hall–Kier alpha value is -3.00. The van der Waals surface area contributed by atoms with Crippen LogP contribution in [0.15, 0.2) is 40.6 Å². The van der Waals surface area contributed by atoms with Crippen LogP contribution in [0.5, 0.6) is 0 Å². The third kappa shape index (κ3) is 2.60. The standard InChI is InChI=1S/C17H18N8/c18-17(15-6-14(23-24-15)10-1-2-10)7-16(25-20-9-17)21-12-4-3-11-8-19-22-13(11)5-12/h3-6,8-10H,1-2,7,18H2,(H,19,22)(H,21,25)(H,23,24). The van der Waals surface area contributed by atoms with E-state index in [9.17, 15) is 0 Å². The number of amidine groups is 1. The summed E-state index contributed by atoms with van der Waals surface area (Å²) in [4.78, 5) is 4.65. The second-order valence-electron chi connectivity index (χ2n) is 6.77. The number of hydrogen-bond acceptors (Lipinski definition) is 5. The molecule has 3 heterocycles. The van der Waals surface area contributed by atoms with E-state index >= 15 is 0 Å². The molecule has 1 atom stereocenters. The summed E-state index contributed by atoms with van der Waals surface area (Å²) >= 11 is 0. The van der Waals surface area contributed by atoms with Gasteiger partial charge in [-0.1, -0.05) is 0 Å². The summed E-state index contributed by atoms with van der Waals surface area (Å²) in [5, 5.41) is 19.8. The molecule has 1 saturated carbocycles. The van der Waals surface area contributed by atoms with Crippen LogP contribution in [-0.2, 0) is 5.54 Å². The monoisotopic (exact) mass is 334 g/mol. The Morgan fingerprint density at radius 2 is 2.12 bits per heavy atom. The topological polar surface area (TPSA) is 120 Å². The number of rotatable bonds is 3. The van der Waals surface area contributed by atoms with E-state index in [0.717, 1.165) is 28.0 Å². The van der Waals surface area contributed by atoms with Crippen molar-refractivity contribution in [3.8, 4) is 0 Å². The molecule has 1 aromatic carbocycles. The van der Waals surface area contributed by atoms with Gasteiger partial charge < -0.3 is 5.73 Å². The molecular weight excluding hydrogens is 316 g/mol. The molecule has 1 unspecified atom stereocenters. The van der Waals surface area contributed by atoms with E-state index in [0.29, 0.717) is 18.2 Å². The number of nitrogens with one attached hydrogen (secondary N) is 3. The summed E-state index contributed by atoms with van der Waals surface area (Å²) in [6, 6.07) is 7.94. The Balaban J connectivity index is 1.44. The van der Waals surface area contributed by atoms with Gasteiger partial charge in [0.05, 0.1) is 29.3 Å². The van der Waals surface area contributed by atoms with Crippen molar-refractivity contribution in [3.63, 3.8) is 0 Å². The van der Waals surface area contributed by atoms with Crippen LogP contribution in [0.1, 0.15) is 36.6 Å². The number of aromatic amines is 2. The van der Waals surface area contributed by atoms with Crippen LogP contribution in [0, 0.1) is 0 Å². The van der Waals surface area contributed by atoms with E-state index < -0.39 is 5.54 Å². The Labute approximate surface area is 143 Å². The lowest BCUT2D eigenvalue weighted by Gasteiger charge is -2.27. The van der Waals surface area contributed by atoms with Crippen LogP contribution in [0.25, 0.3) is 10.9 Å². The van der Waals surface area contributed by atoms with E-state index in [2.05, 4.69) is 42.0 Å². The molecule has 3 aromatic rings. The van der Waals surface area contributed by atoms with E-state index in [1.54, 1.807) is 12.4 Å². The summed E-state index contributed by atoms with van der Waals surface area (Å²) < 4.78 is 0. The van der Waals surface area contributed by atoms with Crippen molar-refractivity contribution in [2.75, 3.05) is 0 Å². The van der Waals surface area contributed by atoms with Crippen LogP contribution in [-0.4, -0.2) is 32.4 Å². The molecule has 1 fully saturated rings. The van der Waals surface area contributed by atoms with Crippen molar-refractivity contribution in [1.82, 2.24) is 25.8 Å². The molecule has 126 valence electrons. The summed E-state index contributed by atoms with van der Waals surface area (Å²) in [5.74, 6) is 1.32. The molecule has 0 amide bonds. The van der Waals surface area contributed by atoms with Gasteiger partial charge in [0.2, 0.25) is 0 Å². The Bertz CT molecular complexity index is 993. The first-order valence-corrected chi connectivity index (χ1v) is 8.35. The molecule has 2 aliphatic rings. The number of nitrogens with zero attached hydrogens (tertiary/aromatic N) is 4. The normalized spacial score (nSPS) is 24.8. The highest BCUT2D eigenvalue weighted by molar-refractivity contribution is 5.94. The molecule has 5 rings (SSSR count). The minimum atomic E-state index is -0.758. The lowest BCUT2D eigenvalue weighted by molar-refractivity contribution is 0.590. The zero-order chi connectivity index (χ0) is 16.9. The van der Waals surface area contributed by atoms with Crippen LogP contribution in [0.2, 0.25) is 0 Å². The zero-order valence-corrected chi connectivity index (χ0v) is 13.5. The van der Waals surface area contributed by atoms with Crippen molar-refractivity contribution in [2.24, 2.45) is 15.8 Å². The smallest absolute Gasteiger partial charge is 0.125 e. The molecule has 1 aliphatic carbocycles. The average Bonchev–Trinajstić information content (AvgIpc) is 3.15. The Morgan fingerprint density at radius 1 is 1.20 bits per heavy atom. The Morgan fingerprint density at radius 3 is 3.00 bits per heavy atom. The number of H-pyrrole nitrogens is 2. The maximum Gasteiger partial charge on any atom is 0.125 e. The van der Waals surface area contributed by atoms with Gasteiger partial charge in [0.1, 0.15) is 11.4 Å². The number of fused-ring (bicyclic) bond motifs is 1. The number of aromatic nitrogens is 4. The minimum Gasteiger partial charge on any atom is -0.315 e. The van der Waals surface area contributed by atoms with E-state index in [1.165, 1.54) is 12.8 Å². The predicted molar refractivity (Wildman–Crippen MR) is 95.9 cm³/mol. The molecule has 25 heavy (non-hydrogen) atoms. The highest BCUT2D eigenvalue weighted by atomic mass is 15.3. The number of aliphatic imine (C=N–C) groups is 1. The summed E-state index contributed by atoms with van der Waals surface area (Å²) in [6.07, 6.45) is 6.44. The van der Waals surface area contributed by atoms with Gasteiger partial charge in [-0.3, -0.25) is 15.6 Å². The lowest BCUT2D eigenvalue weighted by Crippen LogP contribution is -2.47. The van der Waals surface area contributed by atoms with Gasteiger partial charge in [0, 0.05) is 23.4 Å². The van der Waals surface area contributed by atoms with E-state index in [1.807, 2.05) is 18.2 Å². The van der Waals surface area contributed by atoms with Crippen molar-refractivity contribution >= 4 is 28.6 Å². The third-order valence-corrected chi connectivity index (χ3v) is 4.73. The predicted octanol–water partition coefficient (Wildman–Crippen LogP) is 2.03. The molecule has 1 aliphatic heterocycles. The SMILES string of the molecule is NC1(c2cc(C3CC3)[nH]n2)C=NNC(=Nc2ccc3cn[nH]c3c2)C1. The maximum atomic E-state index is 6.56. The van der Waals surface area contributed by atoms with Crippen molar-refractivity contribution in [2.45, 2.75) is 30.7 Å². The molecule has 5 N–H and O–H groups in total. The second kappa shape index (κ2) is 5.25. The molecule has 8 nitrogen and oxygen atoms in total.